The molecule has 0 aliphatic heterocycles. The van der Waals surface area contributed by atoms with Gasteiger partial charge in [-0.3, -0.25) is 4.79 Å². The summed E-state index contributed by atoms with van der Waals surface area (Å²) in [6.45, 7) is 0. The van der Waals surface area contributed by atoms with Crippen LogP contribution in [0.4, 0.5) is 0 Å². The van der Waals surface area contributed by atoms with Crippen molar-refractivity contribution in [1.82, 2.24) is 30.8 Å². The maximum Gasteiger partial charge on any atom is 0.329 e. The van der Waals surface area contributed by atoms with E-state index in [1.165, 1.54) is 12.4 Å². The number of nitrogens with two attached hydrogens (primary N) is 1. The van der Waals surface area contributed by atoms with E-state index >= 15 is 0 Å². The van der Waals surface area contributed by atoms with Crippen LogP contribution in [0, 0.1) is 0 Å². The zero-order valence-corrected chi connectivity index (χ0v) is 10.1. The molecule has 1 atom stereocenters. The van der Waals surface area contributed by atoms with Gasteiger partial charge in [0.25, 0.3) is 11.8 Å². The van der Waals surface area contributed by atoms with Gasteiger partial charge < -0.3 is 15.2 Å². The number of aromatic amines is 2. The molecule has 0 aliphatic rings. The van der Waals surface area contributed by atoms with Crippen LogP contribution in [-0.2, 0) is 9.59 Å². The molecule has 11 heteroatoms. The van der Waals surface area contributed by atoms with Crippen molar-refractivity contribution < 1.29 is 19.1 Å². The molecule has 11 nitrogen and oxygen atoms in total. The van der Waals surface area contributed by atoms with Gasteiger partial charge in [0.15, 0.2) is 0 Å². The highest BCUT2D eigenvalue weighted by atomic mass is 16.5. The average Bonchev–Trinajstić information content (AvgIpc) is 3.09. The van der Waals surface area contributed by atoms with Crippen LogP contribution in [0.2, 0.25) is 0 Å². The van der Waals surface area contributed by atoms with Gasteiger partial charge in [0.05, 0.1) is 0 Å². The molecule has 0 saturated heterocycles. The predicted molar refractivity (Wildman–Crippen MR) is 61.2 cm³/mol. The molecule has 2 rings (SSSR count). The molecule has 20 heavy (non-hydrogen) atoms. The maximum atomic E-state index is 11.5. The summed E-state index contributed by atoms with van der Waals surface area (Å²) in [4.78, 5) is 22.9. The fourth-order valence-corrected chi connectivity index (χ4v) is 1.22. The lowest BCUT2D eigenvalue weighted by Crippen LogP contribution is -2.35. The fourth-order valence-electron chi connectivity index (χ4n) is 1.22. The van der Waals surface area contributed by atoms with Crippen molar-refractivity contribution in [3.05, 3.63) is 12.4 Å². The minimum atomic E-state index is -0.975. The first-order chi connectivity index (χ1) is 9.65. The van der Waals surface area contributed by atoms with Gasteiger partial charge in [0.1, 0.15) is 18.4 Å². The van der Waals surface area contributed by atoms with Crippen molar-refractivity contribution in [2.24, 2.45) is 5.73 Å². The summed E-state index contributed by atoms with van der Waals surface area (Å²) in [5.74, 6) is -1.24. The highest BCUT2D eigenvalue weighted by Crippen LogP contribution is 2.06. The van der Waals surface area contributed by atoms with Crippen LogP contribution < -0.4 is 15.2 Å². The van der Waals surface area contributed by atoms with Gasteiger partial charge in [-0.25, -0.2) is 4.79 Å². The summed E-state index contributed by atoms with van der Waals surface area (Å²) < 4.78 is 9.62. The molecule has 2 heterocycles. The Hall–Kier alpha value is -2.82. The Morgan fingerprint density at radius 2 is 1.75 bits per heavy atom. The molecule has 2 aromatic rings. The number of rotatable bonds is 6. The zero-order valence-electron chi connectivity index (χ0n) is 10.1. The molecule has 0 saturated carbocycles. The monoisotopic (exact) mass is 281 g/mol. The van der Waals surface area contributed by atoms with Crippen molar-refractivity contribution in [3.63, 3.8) is 0 Å². The molecule has 0 aromatic carbocycles. The van der Waals surface area contributed by atoms with E-state index in [4.69, 9.17) is 15.2 Å². The number of H-pyrrole nitrogens is 2. The van der Waals surface area contributed by atoms with Crippen molar-refractivity contribution in [3.8, 4) is 11.8 Å². The molecule has 0 spiro atoms. The van der Waals surface area contributed by atoms with E-state index in [-0.39, 0.29) is 24.6 Å². The van der Waals surface area contributed by atoms with Crippen LogP contribution in [0.3, 0.4) is 0 Å². The number of carbonyl (C=O) groups is 2. The van der Waals surface area contributed by atoms with Crippen LogP contribution in [0.15, 0.2) is 12.4 Å². The zero-order chi connectivity index (χ0) is 14.4. The highest BCUT2D eigenvalue weighted by molar-refractivity contribution is 5.79. The Morgan fingerprint density at radius 1 is 1.15 bits per heavy atom. The van der Waals surface area contributed by atoms with Crippen LogP contribution in [-0.4, -0.2) is 48.8 Å². The average molecular weight is 281 g/mol. The van der Waals surface area contributed by atoms with Gasteiger partial charge in [0.2, 0.25) is 0 Å². The Bertz CT molecular complexity index is 553. The number of nitrogens with zero attached hydrogens (tertiary/aromatic N) is 4. The highest BCUT2D eigenvalue weighted by Gasteiger charge is 2.19. The van der Waals surface area contributed by atoms with Crippen molar-refractivity contribution >= 4 is 11.9 Å². The molecule has 106 valence electrons. The summed E-state index contributed by atoms with van der Waals surface area (Å²) >= 11 is 0. The summed E-state index contributed by atoms with van der Waals surface area (Å²) in [7, 11) is 0. The van der Waals surface area contributed by atoms with Gasteiger partial charge >= 0.3 is 11.9 Å². The second kappa shape index (κ2) is 6.38. The van der Waals surface area contributed by atoms with E-state index in [0.29, 0.717) is 0 Å². The second-order valence-corrected chi connectivity index (χ2v) is 3.66. The van der Waals surface area contributed by atoms with Gasteiger partial charge in [0, 0.05) is 6.42 Å². The summed E-state index contributed by atoms with van der Waals surface area (Å²) in [6.07, 6.45) is 2.47. The van der Waals surface area contributed by atoms with Crippen molar-refractivity contribution in [1.29, 1.82) is 0 Å². The number of nitrogens with one attached hydrogen (secondary N) is 2. The predicted octanol–water partition coefficient (Wildman–Crippen LogP) is -1.46. The largest absolute Gasteiger partial charge is 0.404 e. The van der Waals surface area contributed by atoms with E-state index in [2.05, 4.69) is 30.8 Å². The van der Waals surface area contributed by atoms with Crippen molar-refractivity contribution in [2.75, 3.05) is 0 Å². The Kier molecular flexibility index (Phi) is 4.34. The quantitative estimate of drug-likeness (QED) is 0.537. The summed E-state index contributed by atoms with van der Waals surface area (Å²) in [5.41, 5.74) is 5.58. The maximum absolute atomic E-state index is 11.5. The number of ether oxygens (including phenoxy) is 2. The lowest BCUT2D eigenvalue weighted by Gasteiger charge is -2.08. The van der Waals surface area contributed by atoms with Crippen LogP contribution >= 0.6 is 0 Å². The lowest BCUT2D eigenvalue weighted by molar-refractivity contribution is -0.137. The molecule has 0 aliphatic carbocycles. The minimum Gasteiger partial charge on any atom is -0.404 e. The molecular weight excluding hydrogens is 270 g/mol. The first-order valence-corrected chi connectivity index (χ1v) is 5.54. The fraction of sp³-hybridized carbons (Fsp3) is 0.333. The lowest BCUT2D eigenvalue weighted by atomic mass is 10.2. The van der Waals surface area contributed by atoms with Gasteiger partial charge in [-0.05, 0) is 6.42 Å². The van der Waals surface area contributed by atoms with Crippen molar-refractivity contribution in [2.45, 2.75) is 18.9 Å². The third-order valence-corrected chi connectivity index (χ3v) is 2.17. The minimum absolute atomic E-state index is 0.00984. The van der Waals surface area contributed by atoms with E-state index in [0.717, 1.165) is 0 Å². The summed E-state index contributed by atoms with van der Waals surface area (Å²) in [5, 5.41) is 18.6. The van der Waals surface area contributed by atoms with E-state index < -0.39 is 18.0 Å². The Morgan fingerprint density at radius 3 is 2.30 bits per heavy atom. The standard InChI is InChI=1S/C9H11N7O4/c10-5(9(18)20-7-4-12-16-14-7)1-2-8(17)19-6-3-11-15-13-6/h3-5H,1-2,10H2,(H,11,13,15)(H,12,14,16)/t5-/m0/s1. The number of hydrogen-bond donors (Lipinski definition) is 3. The van der Waals surface area contributed by atoms with Crippen LogP contribution in [0.25, 0.3) is 0 Å². The second-order valence-electron chi connectivity index (χ2n) is 3.66. The topological polar surface area (TPSA) is 162 Å². The normalized spacial score (nSPS) is 11.8. The number of esters is 2. The Labute approximate surface area is 111 Å². The Balaban J connectivity index is 1.72. The third kappa shape index (κ3) is 3.84. The molecule has 0 amide bonds. The number of aromatic nitrogens is 6. The molecule has 2 aromatic heterocycles. The molecule has 0 bridgehead atoms. The summed E-state index contributed by atoms with van der Waals surface area (Å²) in [6, 6.07) is -0.975. The van der Waals surface area contributed by atoms with Gasteiger partial charge in [-0.2, -0.15) is 20.6 Å². The van der Waals surface area contributed by atoms with E-state index in [9.17, 15) is 9.59 Å². The molecule has 0 unspecified atom stereocenters. The van der Waals surface area contributed by atoms with Crippen LogP contribution in [0.1, 0.15) is 12.8 Å². The number of carbonyl (C=O) groups excluding carboxylic acids is 2. The first-order valence-electron chi connectivity index (χ1n) is 5.54. The van der Waals surface area contributed by atoms with E-state index in [1.54, 1.807) is 0 Å². The van der Waals surface area contributed by atoms with Gasteiger partial charge in [-0.15, -0.1) is 10.2 Å². The third-order valence-electron chi connectivity index (χ3n) is 2.17. The van der Waals surface area contributed by atoms with Crippen LogP contribution in [0.5, 0.6) is 11.8 Å². The van der Waals surface area contributed by atoms with Gasteiger partial charge in [-0.1, -0.05) is 0 Å². The van der Waals surface area contributed by atoms with E-state index in [1.807, 2.05) is 0 Å². The molecular formula is C9H11N7O4. The molecule has 0 radical (unpaired) electrons. The number of hydrogen-bond acceptors (Lipinski definition) is 9. The molecule has 4 N–H and O–H groups in total. The first kappa shape index (κ1) is 13.6. The molecule has 0 fully saturated rings. The SMILES string of the molecule is N[C@@H](CCC(=O)Oc1cn[nH]n1)C(=O)Oc1cn[nH]n1. The smallest absolute Gasteiger partial charge is 0.329 e.